The molecule has 3 aromatic rings. The Hall–Kier alpha value is -1.80. The number of H-pyrrole nitrogens is 1. The lowest BCUT2D eigenvalue weighted by Gasteiger charge is -2.14. The number of nitrogens with one attached hydrogen (secondary N) is 1. The van der Waals surface area contributed by atoms with Crippen LogP contribution < -0.4 is 4.90 Å². The number of benzene rings is 1. The zero-order valence-electron chi connectivity index (χ0n) is 13.5. The monoisotopic (exact) mass is 404 g/mol. The Morgan fingerprint density at radius 2 is 1.79 bits per heavy atom. The van der Waals surface area contributed by atoms with Crippen molar-refractivity contribution < 1.29 is 0 Å². The minimum absolute atomic E-state index is 0.584. The average Bonchev–Trinajstić information content (AvgIpc) is 3.14. The van der Waals surface area contributed by atoms with E-state index in [2.05, 4.69) is 53.1 Å². The van der Waals surface area contributed by atoms with Gasteiger partial charge in [0, 0.05) is 17.6 Å². The van der Waals surface area contributed by atoms with E-state index in [9.17, 15) is 0 Å². The summed E-state index contributed by atoms with van der Waals surface area (Å²) in [6, 6.07) is 4.11. The number of aryl methyl sites for hydroxylation is 2. The fourth-order valence-electron chi connectivity index (χ4n) is 3.21. The van der Waals surface area contributed by atoms with E-state index in [1.54, 1.807) is 4.80 Å². The zero-order chi connectivity index (χ0) is 16.8. The highest BCUT2D eigenvalue weighted by Crippen LogP contribution is 2.24. The van der Waals surface area contributed by atoms with Gasteiger partial charge in [0.15, 0.2) is 5.52 Å². The van der Waals surface area contributed by atoms with E-state index >= 15 is 0 Å². The van der Waals surface area contributed by atoms with Gasteiger partial charge in [-0.3, -0.25) is 0 Å². The molecule has 0 atom stereocenters. The number of nitrogens with zero attached hydrogens (tertiary/aromatic N) is 5. The number of halogens is 1. The van der Waals surface area contributed by atoms with Crippen LogP contribution in [0.5, 0.6) is 0 Å². The van der Waals surface area contributed by atoms with E-state index in [1.807, 2.05) is 13.8 Å². The minimum Gasteiger partial charge on any atom is -0.342 e. The first-order valence-electron chi connectivity index (χ1n) is 7.92. The number of hydrogen-bond donors (Lipinski definition) is 1. The highest BCUT2D eigenvalue weighted by Gasteiger charge is 2.18. The molecule has 3 heterocycles. The summed E-state index contributed by atoms with van der Waals surface area (Å²) in [5, 5.41) is 9.17. The minimum atomic E-state index is 0.584. The molecule has 0 aliphatic carbocycles. The van der Waals surface area contributed by atoms with Gasteiger partial charge in [0.1, 0.15) is 4.64 Å². The molecule has 6 nitrogen and oxygen atoms in total. The highest BCUT2D eigenvalue weighted by molar-refractivity contribution is 9.10. The molecular weight excluding hydrogens is 388 g/mol. The van der Waals surface area contributed by atoms with Gasteiger partial charge in [-0.25, -0.2) is 0 Å². The molecule has 0 radical (unpaired) electrons. The van der Waals surface area contributed by atoms with E-state index in [0.29, 0.717) is 15.8 Å². The summed E-state index contributed by atoms with van der Waals surface area (Å²) >= 11 is 9.00. The van der Waals surface area contributed by atoms with E-state index in [0.717, 1.165) is 40.3 Å². The normalized spacial score (nSPS) is 14.7. The molecule has 1 fully saturated rings. The molecule has 1 N–H and O–H groups in total. The standard InChI is InChI=1S/C16H17BrN6S/c1-9-7-11(17)8-10(2)13(9)23-20-12-14(21-23)18-16(19-15(12)24)22-5-3-4-6-22/h7-8H,3-6H2,1-2H3,(H,18,19,21,24). The van der Waals surface area contributed by atoms with Gasteiger partial charge in [0.05, 0.1) is 5.69 Å². The molecule has 24 heavy (non-hydrogen) atoms. The molecule has 0 saturated carbocycles. The van der Waals surface area contributed by atoms with E-state index in [1.165, 1.54) is 12.8 Å². The lowest BCUT2D eigenvalue weighted by molar-refractivity contribution is 0.752. The SMILES string of the molecule is Cc1cc(Br)cc(C)c1-n1nc2nc(N3CCCC3)[nH]c(=S)c2n1. The molecule has 0 unspecified atom stereocenters. The Kier molecular flexibility index (Phi) is 3.88. The Balaban J connectivity index is 1.87. The summed E-state index contributed by atoms with van der Waals surface area (Å²) in [7, 11) is 0. The van der Waals surface area contributed by atoms with Gasteiger partial charge in [0.2, 0.25) is 11.6 Å². The van der Waals surface area contributed by atoms with Crippen molar-refractivity contribution >= 4 is 45.3 Å². The van der Waals surface area contributed by atoms with Crippen molar-refractivity contribution in [2.24, 2.45) is 0 Å². The summed E-state index contributed by atoms with van der Waals surface area (Å²) in [6.45, 7) is 6.10. The molecule has 0 bridgehead atoms. The van der Waals surface area contributed by atoms with Gasteiger partial charge in [-0.1, -0.05) is 28.1 Å². The van der Waals surface area contributed by atoms with Crippen LogP contribution in [0.15, 0.2) is 16.6 Å². The van der Waals surface area contributed by atoms with Crippen LogP contribution in [-0.4, -0.2) is 38.1 Å². The predicted molar refractivity (Wildman–Crippen MR) is 100 cm³/mol. The first kappa shape index (κ1) is 15.7. The van der Waals surface area contributed by atoms with E-state index in [4.69, 9.17) is 12.2 Å². The van der Waals surface area contributed by atoms with Crippen LogP contribution in [0.25, 0.3) is 16.9 Å². The first-order valence-corrected chi connectivity index (χ1v) is 9.12. The fraction of sp³-hybridized carbons (Fsp3) is 0.375. The summed E-state index contributed by atoms with van der Waals surface area (Å²) in [4.78, 5) is 11.7. The molecule has 1 aromatic carbocycles. The maximum atomic E-state index is 5.48. The second kappa shape index (κ2) is 5.93. The average molecular weight is 405 g/mol. The maximum absolute atomic E-state index is 5.48. The van der Waals surface area contributed by atoms with Gasteiger partial charge < -0.3 is 9.88 Å². The van der Waals surface area contributed by atoms with Crippen LogP contribution in [0.1, 0.15) is 24.0 Å². The molecule has 1 saturated heterocycles. The van der Waals surface area contributed by atoms with Crippen molar-refractivity contribution in [3.63, 3.8) is 0 Å². The van der Waals surface area contributed by atoms with Crippen LogP contribution >= 0.6 is 28.1 Å². The van der Waals surface area contributed by atoms with Crippen LogP contribution in [0, 0.1) is 18.5 Å². The van der Waals surface area contributed by atoms with E-state index < -0.39 is 0 Å². The molecule has 8 heteroatoms. The zero-order valence-corrected chi connectivity index (χ0v) is 15.9. The van der Waals surface area contributed by atoms with Gasteiger partial charge in [-0.2, -0.15) is 4.98 Å². The van der Waals surface area contributed by atoms with Crippen molar-refractivity contribution in [2.45, 2.75) is 26.7 Å². The predicted octanol–water partition coefficient (Wildman–Crippen LogP) is 3.85. The Bertz CT molecular complexity index is 963. The van der Waals surface area contributed by atoms with Crippen LogP contribution in [0.3, 0.4) is 0 Å². The van der Waals surface area contributed by atoms with Gasteiger partial charge in [-0.05, 0) is 49.9 Å². The molecule has 4 rings (SSSR count). The van der Waals surface area contributed by atoms with Crippen molar-refractivity contribution in [3.05, 3.63) is 32.4 Å². The molecular formula is C16H17BrN6S. The maximum Gasteiger partial charge on any atom is 0.208 e. The van der Waals surface area contributed by atoms with E-state index in [-0.39, 0.29) is 0 Å². The molecule has 1 aliphatic heterocycles. The second-order valence-corrected chi connectivity index (χ2v) is 7.46. The van der Waals surface area contributed by atoms with Crippen molar-refractivity contribution in [1.82, 2.24) is 25.0 Å². The number of rotatable bonds is 2. The largest absolute Gasteiger partial charge is 0.342 e. The first-order chi connectivity index (χ1) is 11.5. The molecule has 124 valence electrons. The fourth-order valence-corrected chi connectivity index (χ4v) is 4.12. The molecule has 0 spiro atoms. The van der Waals surface area contributed by atoms with Gasteiger partial charge in [-0.15, -0.1) is 15.0 Å². The molecule has 0 amide bonds. The molecule has 1 aliphatic rings. The quantitative estimate of drug-likeness (QED) is 0.657. The van der Waals surface area contributed by atoms with Crippen molar-refractivity contribution in [2.75, 3.05) is 18.0 Å². The van der Waals surface area contributed by atoms with Gasteiger partial charge >= 0.3 is 0 Å². The van der Waals surface area contributed by atoms with Crippen LogP contribution in [0.2, 0.25) is 0 Å². The summed E-state index contributed by atoms with van der Waals surface area (Å²) < 4.78 is 1.63. The lowest BCUT2D eigenvalue weighted by Crippen LogP contribution is -2.20. The number of hydrogen-bond acceptors (Lipinski definition) is 5. The topological polar surface area (TPSA) is 62.6 Å². The smallest absolute Gasteiger partial charge is 0.208 e. The number of aromatic amines is 1. The third-order valence-electron chi connectivity index (χ3n) is 4.31. The van der Waals surface area contributed by atoms with Crippen LogP contribution in [0.4, 0.5) is 5.95 Å². The summed E-state index contributed by atoms with van der Waals surface area (Å²) in [6.07, 6.45) is 2.37. The van der Waals surface area contributed by atoms with Crippen molar-refractivity contribution in [3.8, 4) is 5.69 Å². The lowest BCUT2D eigenvalue weighted by atomic mass is 10.1. The third-order valence-corrected chi connectivity index (χ3v) is 5.06. The summed E-state index contributed by atoms with van der Waals surface area (Å²) in [5.41, 5.74) is 4.37. The Morgan fingerprint density at radius 1 is 1.12 bits per heavy atom. The van der Waals surface area contributed by atoms with Crippen molar-refractivity contribution in [1.29, 1.82) is 0 Å². The summed E-state index contributed by atoms with van der Waals surface area (Å²) in [5.74, 6) is 0.793. The second-order valence-electron chi connectivity index (χ2n) is 6.13. The number of anilines is 1. The van der Waals surface area contributed by atoms with Crippen LogP contribution in [-0.2, 0) is 0 Å². The molecule has 2 aromatic heterocycles. The third kappa shape index (κ3) is 2.63. The number of fused-ring (bicyclic) bond motifs is 1. The Labute approximate surface area is 153 Å². The van der Waals surface area contributed by atoms with Gasteiger partial charge in [0.25, 0.3) is 0 Å². The highest BCUT2D eigenvalue weighted by atomic mass is 79.9. The number of aromatic nitrogens is 5. The Morgan fingerprint density at radius 3 is 2.46 bits per heavy atom.